The largest absolute Gasteiger partial charge is 0.573 e. The molecule has 2 rings (SSSR count). The van der Waals surface area contributed by atoms with Gasteiger partial charge in [0.05, 0.1) is 5.69 Å². The quantitative estimate of drug-likeness (QED) is 0.841. The average Bonchev–Trinajstić information content (AvgIpc) is 2.40. The molecule has 0 atom stereocenters. The molecule has 0 aliphatic heterocycles. The summed E-state index contributed by atoms with van der Waals surface area (Å²) < 4.78 is 40.9. The van der Waals surface area contributed by atoms with Crippen LogP contribution in [0.5, 0.6) is 5.75 Å². The summed E-state index contributed by atoms with van der Waals surface area (Å²) >= 11 is 6.01. The zero-order chi connectivity index (χ0) is 15.5. The Morgan fingerprint density at radius 2 is 1.86 bits per heavy atom. The first-order chi connectivity index (χ1) is 9.85. The molecule has 21 heavy (non-hydrogen) atoms. The Morgan fingerprint density at radius 1 is 1.14 bits per heavy atom. The van der Waals surface area contributed by atoms with Gasteiger partial charge in [0.25, 0.3) is 0 Å². The monoisotopic (exact) mass is 315 g/mol. The van der Waals surface area contributed by atoms with E-state index in [-0.39, 0.29) is 11.4 Å². The van der Waals surface area contributed by atoms with Crippen molar-refractivity contribution < 1.29 is 17.9 Å². The van der Waals surface area contributed by atoms with Gasteiger partial charge in [-0.1, -0.05) is 35.9 Å². The molecule has 2 aromatic carbocycles. The van der Waals surface area contributed by atoms with Crippen molar-refractivity contribution in [1.82, 2.24) is 0 Å². The molecule has 0 amide bonds. The van der Waals surface area contributed by atoms with E-state index in [0.29, 0.717) is 11.6 Å². The van der Waals surface area contributed by atoms with E-state index in [1.54, 1.807) is 12.1 Å². The summed E-state index contributed by atoms with van der Waals surface area (Å²) in [4.78, 5) is 0. The van der Waals surface area contributed by atoms with Crippen molar-refractivity contribution in [2.75, 3.05) is 5.32 Å². The van der Waals surface area contributed by atoms with E-state index < -0.39 is 6.36 Å². The standard InChI is InChI=1S/C15H13ClF3NO/c1-10-6-7-11(8-12(10)16)9-20-13-4-2-3-5-14(13)21-15(17,18)19/h2-8,20H,9H2,1H3. The smallest absolute Gasteiger partial charge is 0.404 e. The molecular weight excluding hydrogens is 303 g/mol. The number of anilines is 1. The maximum atomic E-state index is 12.3. The highest BCUT2D eigenvalue weighted by Crippen LogP contribution is 2.30. The minimum absolute atomic E-state index is 0.261. The number of aryl methyl sites for hydroxylation is 1. The number of alkyl halides is 3. The highest BCUT2D eigenvalue weighted by atomic mass is 35.5. The summed E-state index contributed by atoms with van der Waals surface area (Å²) in [6.45, 7) is 2.23. The van der Waals surface area contributed by atoms with Gasteiger partial charge >= 0.3 is 6.36 Å². The van der Waals surface area contributed by atoms with Crippen molar-refractivity contribution in [3.05, 3.63) is 58.6 Å². The lowest BCUT2D eigenvalue weighted by atomic mass is 10.1. The lowest BCUT2D eigenvalue weighted by molar-refractivity contribution is -0.274. The Hall–Kier alpha value is -1.88. The highest BCUT2D eigenvalue weighted by molar-refractivity contribution is 6.31. The Kier molecular flexibility index (Phi) is 4.63. The number of hydrogen-bond donors (Lipinski definition) is 1. The zero-order valence-electron chi connectivity index (χ0n) is 11.2. The van der Waals surface area contributed by atoms with Crippen LogP contribution in [0.15, 0.2) is 42.5 Å². The number of rotatable bonds is 4. The molecule has 0 saturated carbocycles. The van der Waals surface area contributed by atoms with Crippen LogP contribution in [0.4, 0.5) is 18.9 Å². The molecule has 6 heteroatoms. The van der Waals surface area contributed by atoms with E-state index in [4.69, 9.17) is 11.6 Å². The molecule has 0 heterocycles. The summed E-state index contributed by atoms with van der Waals surface area (Å²) in [6.07, 6.45) is -4.72. The third kappa shape index (κ3) is 4.56. The van der Waals surface area contributed by atoms with Crippen LogP contribution in [-0.2, 0) is 6.54 Å². The maximum absolute atomic E-state index is 12.3. The van der Waals surface area contributed by atoms with Crippen molar-refractivity contribution in [2.45, 2.75) is 19.8 Å². The molecule has 112 valence electrons. The molecular formula is C15H13ClF3NO. The number of ether oxygens (including phenoxy) is 1. The molecule has 0 bridgehead atoms. The molecule has 0 saturated heterocycles. The van der Waals surface area contributed by atoms with Crippen molar-refractivity contribution >= 4 is 17.3 Å². The predicted octanol–water partition coefficient (Wildman–Crippen LogP) is 5.16. The molecule has 2 aromatic rings. The highest BCUT2D eigenvalue weighted by Gasteiger charge is 2.32. The van der Waals surface area contributed by atoms with Gasteiger partial charge in [0.1, 0.15) is 0 Å². The summed E-state index contributed by atoms with van der Waals surface area (Å²) in [5.74, 6) is -0.261. The minimum Gasteiger partial charge on any atom is -0.404 e. The van der Waals surface area contributed by atoms with Crippen LogP contribution in [-0.4, -0.2) is 6.36 Å². The fourth-order valence-electron chi connectivity index (χ4n) is 1.77. The molecule has 1 N–H and O–H groups in total. The van der Waals surface area contributed by atoms with E-state index >= 15 is 0 Å². The fraction of sp³-hybridized carbons (Fsp3) is 0.200. The maximum Gasteiger partial charge on any atom is 0.573 e. The van der Waals surface area contributed by atoms with E-state index in [0.717, 1.165) is 11.1 Å². The lowest BCUT2D eigenvalue weighted by Gasteiger charge is -2.14. The second-order valence-corrected chi connectivity index (χ2v) is 4.89. The van der Waals surface area contributed by atoms with Crippen LogP contribution in [0, 0.1) is 6.92 Å². The van der Waals surface area contributed by atoms with Crippen LogP contribution in [0.2, 0.25) is 5.02 Å². The van der Waals surface area contributed by atoms with Gasteiger partial charge in [-0.05, 0) is 36.2 Å². The van der Waals surface area contributed by atoms with E-state index in [9.17, 15) is 13.2 Å². The van der Waals surface area contributed by atoms with Gasteiger partial charge < -0.3 is 10.1 Å². The summed E-state index contributed by atoms with van der Waals surface area (Å²) in [6, 6.07) is 11.4. The SMILES string of the molecule is Cc1ccc(CNc2ccccc2OC(F)(F)F)cc1Cl. The van der Waals surface area contributed by atoms with Crippen molar-refractivity contribution in [2.24, 2.45) is 0 Å². The zero-order valence-corrected chi connectivity index (χ0v) is 11.9. The van der Waals surface area contributed by atoms with Crippen LogP contribution in [0.25, 0.3) is 0 Å². The molecule has 0 unspecified atom stereocenters. The molecule has 0 aromatic heterocycles. The summed E-state index contributed by atoms with van der Waals surface area (Å²) in [5.41, 5.74) is 2.08. The van der Waals surface area contributed by atoms with Crippen molar-refractivity contribution in [3.8, 4) is 5.75 Å². The number of nitrogens with one attached hydrogen (secondary N) is 1. The van der Waals surface area contributed by atoms with Gasteiger partial charge in [-0.15, -0.1) is 13.2 Å². The normalized spacial score (nSPS) is 11.3. The van der Waals surface area contributed by atoms with Crippen LogP contribution < -0.4 is 10.1 Å². The Labute approximate surface area is 125 Å². The molecule has 2 nitrogen and oxygen atoms in total. The van der Waals surface area contributed by atoms with Gasteiger partial charge in [-0.25, -0.2) is 0 Å². The average molecular weight is 316 g/mol. The lowest BCUT2D eigenvalue weighted by Crippen LogP contribution is -2.18. The Bertz CT molecular complexity index is 629. The molecule has 0 aliphatic rings. The molecule has 0 fully saturated rings. The van der Waals surface area contributed by atoms with Crippen molar-refractivity contribution in [3.63, 3.8) is 0 Å². The van der Waals surface area contributed by atoms with E-state index in [1.807, 2.05) is 19.1 Å². The minimum atomic E-state index is -4.72. The molecule has 0 aliphatic carbocycles. The van der Waals surface area contributed by atoms with Gasteiger partial charge in [-0.3, -0.25) is 0 Å². The fourth-order valence-corrected chi connectivity index (χ4v) is 1.97. The van der Waals surface area contributed by atoms with E-state index in [2.05, 4.69) is 10.1 Å². The first kappa shape index (κ1) is 15.5. The third-order valence-corrected chi connectivity index (χ3v) is 3.24. The molecule has 0 radical (unpaired) electrons. The summed E-state index contributed by atoms with van der Waals surface area (Å²) in [5, 5.41) is 3.53. The van der Waals surface area contributed by atoms with Crippen LogP contribution in [0.3, 0.4) is 0 Å². The molecule has 0 spiro atoms. The first-order valence-corrected chi connectivity index (χ1v) is 6.56. The number of hydrogen-bond acceptors (Lipinski definition) is 2. The predicted molar refractivity (Wildman–Crippen MR) is 76.6 cm³/mol. The van der Waals surface area contributed by atoms with Crippen LogP contribution >= 0.6 is 11.6 Å². The van der Waals surface area contributed by atoms with Crippen molar-refractivity contribution in [1.29, 1.82) is 0 Å². The Morgan fingerprint density at radius 3 is 2.52 bits per heavy atom. The number of halogens is 4. The second-order valence-electron chi connectivity index (χ2n) is 4.48. The van der Waals surface area contributed by atoms with Gasteiger partial charge in [0.15, 0.2) is 5.75 Å². The summed E-state index contributed by atoms with van der Waals surface area (Å²) in [7, 11) is 0. The van der Waals surface area contributed by atoms with Gasteiger partial charge in [-0.2, -0.15) is 0 Å². The van der Waals surface area contributed by atoms with Gasteiger partial charge in [0, 0.05) is 11.6 Å². The van der Waals surface area contributed by atoms with Gasteiger partial charge in [0.2, 0.25) is 0 Å². The Balaban J connectivity index is 2.11. The topological polar surface area (TPSA) is 21.3 Å². The number of para-hydroxylation sites is 2. The first-order valence-electron chi connectivity index (χ1n) is 6.19. The third-order valence-electron chi connectivity index (χ3n) is 2.83. The van der Waals surface area contributed by atoms with E-state index in [1.165, 1.54) is 18.2 Å². The van der Waals surface area contributed by atoms with Crippen LogP contribution in [0.1, 0.15) is 11.1 Å². The second kappa shape index (κ2) is 6.26. The number of benzene rings is 2.